The molecular formula is C18H22FN4O2S+. The predicted molar refractivity (Wildman–Crippen MR) is 99.0 cm³/mol. The number of hydrogen-bond donors (Lipinski definition) is 3. The van der Waals surface area contributed by atoms with Gasteiger partial charge in [0.25, 0.3) is 5.56 Å². The van der Waals surface area contributed by atoms with Gasteiger partial charge in [-0.15, -0.1) is 0 Å². The van der Waals surface area contributed by atoms with Crippen molar-refractivity contribution < 1.29 is 14.1 Å². The predicted octanol–water partition coefficient (Wildman–Crippen LogP) is 0.989. The number of benzene rings is 1. The van der Waals surface area contributed by atoms with Crippen LogP contribution in [0, 0.1) is 5.82 Å². The third-order valence-electron chi connectivity index (χ3n) is 4.43. The number of aromatic amines is 1. The maximum absolute atomic E-state index is 13.1. The molecular weight excluding hydrogens is 355 g/mol. The summed E-state index contributed by atoms with van der Waals surface area (Å²) in [5.41, 5.74) is 1.85. The van der Waals surface area contributed by atoms with Crippen LogP contribution in [0.3, 0.4) is 0 Å². The van der Waals surface area contributed by atoms with Crippen LogP contribution in [-0.4, -0.2) is 34.2 Å². The lowest BCUT2D eigenvalue weighted by atomic mass is 10.1. The number of H-pyrrole nitrogens is 1. The zero-order chi connectivity index (χ0) is 18.7. The summed E-state index contributed by atoms with van der Waals surface area (Å²) >= 11 is 1.17. The second-order valence-electron chi connectivity index (χ2n) is 6.63. The molecule has 0 aliphatic carbocycles. The molecule has 1 aliphatic heterocycles. The summed E-state index contributed by atoms with van der Waals surface area (Å²) in [6.07, 6.45) is 0.760. The molecule has 26 heavy (non-hydrogen) atoms. The molecule has 2 aromatic rings. The minimum atomic E-state index is -0.409. The van der Waals surface area contributed by atoms with Crippen molar-refractivity contribution in [2.75, 3.05) is 17.6 Å². The van der Waals surface area contributed by atoms with Crippen molar-refractivity contribution >= 4 is 23.4 Å². The highest BCUT2D eigenvalue weighted by molar-refractivity contribution is 7.99. The van der Waals surface area contributed by atoms with Crippen LogP contribution >= 0.6 is 11.8 Å². The molecule has 3 N–H and O–H groups in total. The summed E-state index contributed by atoms with van der Waals surface area (Å²) in [6.45, 7) is 5.92. The molecule has 6 nitrogen and oxygen atoms in total. The number of quaternary nitrogens is 1. The highest BCUT2D eigenvalue weighted by atomic mass is 32.2. The van der Waals surface area contributed by atoms with Crippen molar-refractivity contribution in [1.82, 2.24) is 9.97 Å². The van der Waals surface area contributed by atoms with Crippen molar-refractivity contribution in [3.8, 4) is 0 Å². The molecule has 1 aromatic heterocycles. The lowest BCUT2D eigenvalue weighted by Gasteiger charge is -2.27. The Morgan fingerprint density at radius 3 is 3.00 bits per heavy atom. The zero-order valence-corrected chi connectivity index (χ0v) is 15.6. The molecule has 0 saturated carbocycles. The first-order chi connectivity index (χ1) is 12.4. The Hall–Kier alpha value is -2.19. The van der Waals surface area contributed by atoms with Gasteiger partial charge in [-0.1, -0.05) is 17.8 Å². The van der Waals surface area contributed by atoms with E-state index in [4.69, 9.17) is 0 Å². The zero-order valence-electron chi connectivity index (χ0n) is 14.8. The minimum absolute atomic E-state index is 0.0849. The Balaban J connectivity index is 1.63. The third kappa shape index (κ3) is 4.50. The van der Waals surface area contributed by atoms with Gasteiger partial charge < -0.3 is 15.2 Å². The summed E-state index contributed by atoms with van der Waals surface area (Å²) in [5, 5.41) is 3.07. The normalized spacial score (nSPS) is 16.4. The molecule has 0 radical (unpaired) electrons. The van der Waals surface area contributed by atoms with Gasteiger partial charge in [-0.2, -0.15) is 0 Å². The Labute approximate surface area is 155 Å². The van der Waals surface area contributed by atoms with Gasteiger partial charge in [0.2, 0.25) is 5.91 Å². The number of thioether (sulfide) groups is 1. The van der Waals surface area contributed by atoms with Crippen LogP contribution in [0.2, 0.25) is 0 Å². The average molecular weight is 377 g/mol. The molecule has 1 unspecified atom stereocenters. The van der Waals surface area contributed by atoms with Gasteiger partial charge in [-0.3, -0.25) is 9.59 Å². The quantitative estimate of drug-likeness (QED) is 0.536. The van der Waals surface area contributed by atoms with Gasteiger partial charge in [-0.05, 0) is 32.0 Å². The largest absolute Gasteiger partial charge is 0.329 e. The molecule has 0 spiro atoms. The number of anilines is 1. The number of fused-ring (bicyclic) bond motifs is 1. The second kappa shape index (κ2) is 8.01. The van der Waals surface area contributed by atoms with Crippen LogP contribution in [0.15, 0.2) is 34.2 Å². The second-order valence-corrected chi connectivity index (χ2v) is 7.60. The summed E-state index contributed by atoms with van der Waals surface area (Å²) in [7, 11) is 0. The number of amides is 1. The van der Waals surface area contributed by atoms with E-state index in [0.717, 1.165) is 24.2 Å². The number of nitrogens with zero attached hydrogens (tertiary/aromatic N) is 1. The lowest BCUT2D eigenvalue weighted by molar-refractivity contribution is -0.937. The minimum Gasteiger partial charge on any atom is -0.329 e. The van der Waals surface area contributed by atoms with Crippen LogP contribution in [0.25, 0.3) is 0 Å². The number of nitrogens with one attached hydrogen (secondary N) is 3. The standard InChI is InChI=1S/C18H21FN4O2S/c1-11(2)23-7-6-15-14(9-23)17(25)22-18(21-15)26-10-16(24)20-13-5-3-4-12(19)8-13/h3-5,8,11H,6-7,9-10H2,1-2H3,(H,20,24)(H,21,22,25)/p+1. The number of aromatic nitrogens is 2. The van der Waals surface area contributed by atoms with E-state index in [1.54, 1.807) is 6.07 Å². The van der Waals surface area contributed by atoms with Crippen molar-refractivity contribution in [3.05, 3.63) is 51.7 Å². The molecule has 1 aliphatic rings. The average Bonchev–Trinajstić information content (AvgIpc) is 2.59. The smallest absolute Gasteiger partial charge is 0.260 e. The summed E-state index contributed by atoms with van der Waals surface area (Å²) in [6, 6.07) is 6.18. The van der Waals surface area contributed by atoms with Crippen LogP contribution in [0.4, 0.5) is 10.1 Å². The van der Waals surface area contributed by atoms with Crippen LogP contribution in [0.5, 0.6) is 0 Å². The molecule has 1 aromatic carbocycles. The molecule has 1 amide bonds. The molecule has 0 saturated heterocycles. The first-order valence-corrected chi connectivity index (χ1v) is 9.56. The lowest BCUT2D eigenvalue weighted by Crippen LogP contribution is -3.14. The Bertz CT molecular complexity index is 869. The first-order valence-electron chi connectivity index (χ1n) is 8.57. The fraction of sp³-hybridized carbons (Fsp3) is 0.389. The summed E-state index contributed by atoms with van der Waals surface area (Å²) in [5.74, 6) is -0.605. The van der Waals surface area contributed by atoms with Gasteiger partial charge in [0, 0.05) is 12.1 Å². The number of carbonyl (C=O) groups is 1. The van der Waals surface area contributed by atoms with E-state index in [9.17, 15) is 14.0 Å². The monoisotopic (exact) mass is 377 g/mol. The Morgan fingerprint density at radius 2 is 2.27 bits per heavy atom. The maximum atomic E-state index is 13.1. The van der Waals surface area contributed by atoms with E-state index in [1.807, 2.05) is 0 Å². The van der Waals surface area contributed by atoms with Gasteiger partial charge in [0.05, 0.1) is 29.6 Å². The maximum Gasteiger partial charge on any atom is 0.260 e. The van der Waals surface area contributed by atoms with Gasteiger partial charge in [0.1, 0.15) is 12.4 Å². The van der Waals surface area contributed by atoms with E-state index < -0.39 is 5.82 Å². The molecule has 3 rings (SSSR count). The molecule has 2 heterocycles. The first kappa shape index (κ1) is 18.6. The van der Waals surface area contributed by atoms with Crippen molar-refractivity contribution in [1.29, 1.82) is 0 Å². The van der Waals surface area contributed by atoms with Crippen molar-refractivity contribution in [3.63, 3.8) is 0 Å². The van der Waals surface area contributed by atoms with Crippen LogP contribution in [-0.2, 0) is 17.8 Å². The molecule has 1 atom stereocenters. The fourth-order valence-corrected chi connectivity index (χ4v) is 3.64. The fourth-order valence-electron chi connectivity index (χ4n) is 2.96. The van der Waals surface area contributed by atoms with E-state index in [-0.39, 0.29) is 17.2 Å². The van der Waals surface area contributed by atoms with Crippen LogP contribution < -0.4 is 15.8 Å². The number of carbonyl (C=O) groups excluding carboxylic acids is 1. The number of halogens is 1. The van der Waals surface area contributed by atoms with Crippen molar-refractivity contribution in [2.45, 2.75) is 38.0 Å². The molecule has 8 heteroatoms. The Morgan fingerprint density at radius 1 is 1.46 bits per heavy atom. The Kier molecular flexibility index (Phi) is 5.73. The SMILES string of the molecule is CC(C)[NH+]1CCc2nc(SCC(=O)Nc3cccc(F)c3)[nH]c(=O)c2C1. The molecule has 0 fully saturated rings. The topological polar surface area (TPSA) is 79.3 Å². The highest BCUT2D eigenvalue weighted by Gasteiger charge is 2.25. The summed E-state index contributed by atoms with van der Waals surface area (Å²) in [4.78, 5) is 33.0. The number of hydrogen-bond acceptors (Lipinski definition) is 4. The highest BCUT2D eigenvalue weighted by Crippen LogP contribution is 2.15. The van der Waals surface area contributed by atoms with E-state index >= 15 is 0 Å². The number of rotatable bonds is 5. The van der Waals surface area contributed by atoms with Gasteiger partial charge in [0.15, 0.2) is 5.16 Å². The van der Waals surface area contributed by atoms with Crippen molar-refractivity contribution in [2.24, 2.45) is 0 Å². The third-order valence-corrected chi connectivity index (χ3v) is 5.30. The van der Waals surface area contributed by atoms with E-state index in [0.29, 0.717) is 23.4 Å². The molecule has 138 valence electrons. The van der Waals surface area contributed by atoms with Gasteiger partial charge in [-0.25, -0.2) is 9.37 Å². The molecule has 0 bridgehead atoms. The van der Waals surface area contributed by atoms with Crippen LogP contribution in [0.1, 0.15) is 25.1 Å². The van der Waals surface area contributed by atoms with E-state index in [2.05, 4.69) is 29.1 Å². The summed E-state index contributed by atoms with van der Waals surface area (Å²) < 4.78 is 13.1. The van der Waals surface area contributed by atoms with E-state index in [1.165, 1.54) is 34.9 Å². The van der Waals surface area contributed by atoms with Gasteiger partial charge >= 0.3 is 0 Å².